The van der Waals surface area contributed by atoms with Crippen LogP contribution in [-0.4, -0.2) is 63.4 Å². The number of carboxylic acid groups (broad SMARTS) is 2. The molecule has 0 atom stereocenters. The molecule has 3 aliphatic carbocycles. The van der Waals surface area contributed by atoms with Crippen molar-refractivity contribution in [2.24, 2.45) is 0 Å². The number of alkyl halides is 5. The smallest absolute Gasteiger partial charge is 0.489 e. The number of hydrogen-bond donors (Lipinski definition) is 2. The Morgan fingerprint density at radius 3 is 1.75 bits per heavy atom. The lowest BCUT2D eigenvalue weighted by atomic mass is 9.78. The van der Waals surface area contributed by atoms with Gasteiger partial charge in [0.05, 0.1) is 21.8 Å². The normalized spacial score (nSPS) is 17.9. The van der Waals surface area contributed by atoms with E-state index in [1.807, 2.05) is 25.7 Å². The van der Waals surface area contributed by atoms with Gasteiger partial charge in [-0.1, -0.05) is 56.3 Å². The van der Waals surface area contributed by atoms with Crippen LogP contribution in [0.25, 0.3) is 0 Å². The summed E-state index contributed by atoms with van der Waals surface area (Å²) in [7, 11) is 0. The van der Waals surface area contributed by atoms with Crippen molar-refractivity contribution in [2.45, 2.75) is 127 Å². The van der Waals surface area contributed by atoms with E-state index in [4.69, 9.17) is 40.8 Å². The minimum atomic E-state index is -4.94. The Hall–Kier alpha value is -4.73. The van der Waals surface area contributed by atoms with E-state index in [1.54, 1.807) is 13.0 Å². The van der Waals surface area contributed by atoms with Crippen molar-refractivity contribution in [1.29, 1.82) is 0 Å². The SMILES string of the molecule is C#CC(=O)N(c1ccc(OC(F)(F)F)c(Cl)c1)C1(C(=O)O)CCCCC1.C#CC(=O)N(c1ccc(OC2CCC2)c(Cl)c1C)C1(C(=O)O)CCC(F)(F)CC1.CC. The fraction of sp³-hybridized carbons (Fsp3) is 0.500. The van der Waals surface area contributed by atoms with Crippen molar-refractivity contribution in [3.05, 3.63) is 45.9 Å². The average molecular weight is 846 g/mol. The van der Waals surface area contributed by atoms with E-state index in [0.717, 1.165) is 53.7 Å². The zero-order chi connectivity index (χ0) is 42.9. The van der Waals surface area contributed by atoms with Gasteiger partial charge in [-0.3, -0.25) is 19.4 Å². The Morgan fingerprint density at radius 1 is 0.789 bits per heavy atom. The summed E-state index contributed by atoms with van der Waals surface area (Å²) in [5.41, 5.74) is -2.85. The van der Waals surface area contributed by atoms with Crippen LogP contribution in [0.2, 0.25) is 10.0 Å². The molecule has 3 aliphatic rings. The van der Waals surface area contributed by atoms with Crippen LogP contribution in [0.15, 0.2) is 30.3 Å². The minimum Gasteiger partial charge on any atom is -0.489 e. The van der Waals surface area contributed by atoms with E-state index in [1.165, 1.54) is 6.07 Å². The van der Waals surface area contributed by atoms with E-state index in [9.17, 15) is 51.3 Å². The van der Waals surface area contributed by atoms with Gasteiger partial charge in [0.15, 0.2) is 0 Å². The van der Waals surface area contributed by atoms with Gasteiger partial charge in [0.2, 0.25) is 5.92 Å². The Bertz CT molecular complexity index is 1890. The van der Waals surface area contributed by atoms with Crippen LogP contribution >= 0.6 is 23.2 Å². The highest BCUT2D eigenvalue weighted by Gasteiger charge is 2.54. The summed E-state index contributed by atoms with van der Waals surface area (Å²) in [4.78, 5) is 51.0. The highest BCUT2D eigenvalue weighted by atomic mass is 35.5. The van der Waals surface area contributed by atoms with Crippen molar-refractivity contribution in [1.82, 2.24) is 0 Å². The third kappa shape index (κ3) is 10.6. The number of nitrogens with zero attached hydrogens (tertiary/aromatic N) is 2. The first-order chi connectivity index (χ1) is 26.7. The first-order valence-electron chi connectivity index (χ1n) is 18.2. The van der Waals surface area contributed by atoms with Crippen LogP contribution < -0.4 is 19.3 Å². The third-order valence-electron chi connectivity index (χ3n) is 10.1. The van der Waals surface area contributed by atoms with Crippen LogP contribution in [0, 0.1) is 31.6 Å². The number of ether oxygens (including phenoxy) is 2. The maximum atomic E-state index is 13.7. The molecule has 10 nitrogen and oxygen atoms in total. The van der Waals surface area contributed by atoms with Gasteiger partial charge in [0.25, 0.3) is 0 Å². The van der Waals surface area contributed by atoms with Gasteiger partial charge in [-0.05, 0) is 99.6 Å². The number of rotatable bonds is 9. The van der Waals surface area contributed by atoms with E-state index in [0.29, 0.717) is 24.2 Å². The molecule has 3 saturated carbocycles. The molecular weight excluding hydrogens is 802 g/mol. The molecule has 0 aromatic heterocycles. The number of hydrogen-bond acceptors (Lipinski definition) is 6. The molecule has 5 rings (SSSR count). The number of carbonyl (C=O) groups excluding carboxylic acids is 2. The van der Waals surface area contributed by atoms with E-state index >= 15 is 0 Å². The van der Waals surface area contributed by atoms with Gasteiger partial charge in [-0.25, -0.2) is 18.4 Å². The van der Waals surface area contributed by atoms with Crippen molar-refractivity contribution in [2.75, 3.05) is 9.80 Å². The number of carbonyl (C=O) groups is 4. The van der Waals surface area contributed by atoms with Gasteiger partial charge in [0, 0.05) is 18.5 Å². The molecule has 2 amide bonds. The molecule has 0 unspecified atom stereocenters. The lowest BCUT2D eigenvalue weighted by Crippen LogP contribution is -2.60. The second-order valence-corrected chi connectivity index (χ2v) is 14.3. The molecular formula is C40H43Cl2F5N2O8. The summed E-state index contributed by atoms with van der Waals surface area (Å²) in [5, 5.41) is 19.5. The minimum absolute atomic E-state index is 0.00299. The Balaban J connectivity index is 0.000000294. The summed E-state index contributed by atoms with van der Waals surface area (Å²) in [6.07, 6.45) is 8.73. The topological polar surface area (TPSA) is 134 Å². The highest BCUT2D eigenvalue weighted by Crippen LogP contribution is 2.46. The molecule has 0 spiro atoms. The number of terminal acetylenes is 2. The summed E-state index contributed by atoms with van der Waals surface area (Å²) < 4.78 is 74.2. The first-order valence-corrected chi connectivity index (χ1v) is 18.9. The van der Waals surface area contributed by atoms with E-state index < -0.39 is 83.6 Å². The molecule has 310 valence electrons. The fourth-order valence-electron chi connectivity index (χ4n) is 6.94. The maximum Gasteiger partial charge on any atom is 0.573 e. The second-order valence-electron chi connectivity index (χ2n) is 13.5. The van der Waals surface area contributed by atoms with Gasteiger partial charge in [-0.15, -0.1) is 26.0 Å². The lowest BCUT2D eigenvalue weighted by molar-refractivity contribution is -0.274. The Labute approximate surface area is 337 Å². The van der Waals surface area contributed by atoms with E-state index in [2.05, 4.69) is 4.74 Å². The molecule has 2 aromatic carbocycles. The monoisotopic (exact) mass is 844 g/mol. The zero-order valence-corrected chi connectivity index (χ0v) is 33.0. The standard InChI is InChI=1S/C21H22ClF2NO4.C17H15ClF3NO4.C2H6/c1-3-17(26)25(20(19(27)28)9-11-21(23,24)12-10-20)15-7-8-16(18(22)13(15)2)29-14-5-4-6-14;1-2-14(23)22(16(15(24)25)8-4-3-5-9-16)11-6-7-13(12(18)10-11)26-17(19,20)21;1-2/h1,7-8,14H,4-6,9-12H2,2H3,(H,27,28);1,6-7,10H,3-5,8-9H2,(H,24,25);1-2H3. The quantitative estimate of drug-likeness (QED) is 0.188. The summed E-state index contributed by atoms with van der Waals surface area (Å²) >= 11 is 12.3. The maximum absolute atomic E-state index is 13.7. The lowest BCUT2D eigenvalue weighted by Gasteiger charge is -2.44. The van der Waals surface area contributed by atoms with Gasteiger partial charge in [0.1, 0.15) is 22.6 Å². The van der Waals surface area contributed by atoms with Crippen molar-refractivity contribution in [3.8, 4) is 36.2 Å². The molecule has 2 aromatic rings. The number of halogens is 7. The Morgan fingerprint density at radius 2 is 1.30 bits per heavy atom. The average Bonchev–Trinajstić information content (AvgIpc) is 3.14. The summed E-state index contributed by atoms with van der Waals surface area (Å²) in [5.74, 6) is -3.81. The van der Waals surface area contributed by atoms with Crippen molar-refractivity contribution in [3.63, 3.8) is 0 Å². The molecule has 57 heavy (non-hydrogen) atoms. The summed E-state index contributed by atoms with van der Waals surface area (Å²) in [6.45, 7) is 5.62. The highest BCUT2D eigenvalue weighted by molar-refractivity contribution is 6.33. The summed E-state index contributed by atoms with van der Waals surface area (Å²) in [6, 6.07) is 6.16. The van der Waals surface area contributed by atoms with Crippen molar-refractivity contribution >= 4 is 58.3 Å². The van der Waals surface area contributed by atoms with Crippen molar-refractivity contribution < 1.29 is 60.8 Å². The predicted molar refractivity (Wildman–Crippen MR) is 204 cm³/mol. The predicted octanol–water partition coefficient (Wildman–Crippen LogP) is 9.60. The Kier molecular flexibility index (Phi) is 15.7. The van der Waals surface area contributed by atoms with Crippen LogP contribution in [0.1, 0.15) is 96.5 Å². The first kappa shape index (κ1) is 46.7. The van der Waals surface area contributed by atoms with Crippen LogP contribution in [-0.2, 0) is 19.2 Å². The van der Waals surface area contributed by atoms with Crippen LogP contribution in [0.5, 0.6) is 11.5 Å². The van der Waals surface area contributed by atoms with Crippen LogP contribution in [0.3, 0.4) is 0 Å². The largest absolute Gasteiger partial charge is 0.573 e. The number of carboxylic acids is 2. The van der Waals surface area contributed by atoms with Gasteiger partial charge < -0.3 is 19.7 Å². The second kappa shape index (κ2) is 19.1. The van der Waals surface area contributed by atoms with Gasteiger partial charge in [-0.2, -0.15) is 0 Å². The van der Waals surface area contributed by atoms with Crippen LogP contribution in [0.4, 0.5) is 33.3 Å². The number of amides is 2. The molecule has 17 heteroatoms. The van der Waals surface area contributed by atoms with E-state index in [-0.39, 0.29) is 35.3 Å². The number of benzene rings is 2. The molecule has 3 fully saturated rings. The van der Waals surface area contributed by atoms with Gasteiger partial charge >= 0.3 is 30.1 Å². The zero-order valence-electron chi connectivity index (χ0n) is 31.5. The molecule has 0 aliphatic heterocycles. The third-order valence-corrected chi connectivity index (χ3v) is 10.9. The molecule has 2 N–H and O–H groups in total. The molecule has 0 heterocycles. The molecule has 0 radical (unpaired) electrons. The fourth-order valence-corrected chi connectivity index (χ4v) is 7.36. The molecule has 0 bridgehead atoms. The number of aliphatic carboxylic acids is 2. The number of anilines is 2. The molecule has 0 saturated heterocycles.